The zero-order valence-electron chi connectivity index (χ0n) is 11.0. The van der Waals surface area contributed by atoms with Crippen molar-refractivity contribution in [3.63, 3.8) is 0 Å². The number of rotatable bonds is 4. The fraction of sp³-hybridized carbons (Fsp3) is 0.636. The van der Waals surface area contributed by atoms with Crippen LogP contribution in [-0.4, -0.2) is 39.2 Å². The Bertz CT molecular complexity index is 505. The van der Waals surface area contributed by atoms with Gasteiger partial charge in [0.25, 0.3) is 0 Å². The van der Waals surface area contributed by atoms with Gasteiger partial charge in [0.05, 0.1) is 11.0 Å². The summed E-state index contributed by atoms with van der Waals surface area (Å²) in [6.45, 7) is 3.82. The zero-order valence-corrected chi connectivity index (χ0v) is 11.0. The molecule has 1 aromatic heterocycles. The van der Waals surface area contributed by atoms with E-state index < -0.39 is 11.0 Å². The van der Waals surface area contributed by atoms with Crippen molar-refractivity contribution in [2.24, 2.45) is 5.41 Å². The lowest BCUT2D eigenvalue weighted by Crippen LogP contribution is -2.57. The lowest BCUT2D eigenvalue weighted by Gasteiger charge is -2.49. The normalized spacial score (nSPS) is 24.4. The quantitative estimate of drug-likeness (QED) is 0.550. The topological polar surface area (TPSA) is 113 Å². The second-order valence-electron chi connectivity index (χ2n) is 5.20. The second kappa shape index (κ2) is 4.61. The summed E-state index contributed by atoms with van der Waals surface area (Å²) in [6, 6.07) is -0.0548. The summed E-state index contributed by atoms with van der Waals surface area (Å²) in [5.41, 5.74) is -0.513. The van der Waals surface area contributed by atoms with Crippen LogP contribution < -0.4 is 10.6 Å². The maximum absolute atomic E-state index is 11.1. The smallest absolute Gasteiger partial charge is 0.353 e. The van der Waals surface area contributed by atoms with Crippen molar-refractivity contribution in [1.29, 1.82) is 0 Å². The summed E-state index contributed by atoms with van der Waals surface area (Å²) < 4.78 is 0. The Balaban J connectivity index is 2.29. The fourth-order valence-corrected chi connectivity index (χ4v) is 2.15. The molecule has 19 heavy (non-hydrogen) atoms. The van der Waals surface area contributed by atoms with Crippen LogP contribution in [0, 0.1) is 15.5 Å². The standard InChI is InChI=1S/C11H17N5O3/c1-11(2)6(4-7(11)17)15-10-8(16(18)19)9(12-3)13-5-14-10/h5-7,17H,4H2,1-3H3,(H2,12,13,14,15). The largest absolute Gasteiger partial charge is 0.392 e. The fourth-order valence-electron chi connectivity index (χ4n) is 2.15. The predicted molar refractivity (Wildman–Crippen MR) is 70.0 cm³/mol. The first-order valence-corrected chi connectivity index (χ1v) is 5.99. The number of aliphatic hydroxyl groups is 1. The van der Waals surface area contributed by atoms with Gasteiger partial charge in [0, 0.05) is 18.5 Å². The van der Waals surface area contributed by atoms with Crippen LogP contribution in [0.1, 0.15) is 20.3 Å². The summed E-state index contributed by atoms with van der Waals surface area (Å²) in [6.07, 6.45) is 1.40. The number of hydrogen-bond donors (Lipinski definition) is 3. The van der Waals surface area contributed by atoms with Crippen LogP contribution in [0.5, 0.6) is 0 Å². The minimum atomic E-state index is -0.518. The molecule has 1 heterocycles. The van der Waals surface area contributed by atoms with Gasteiger partial charge < -0.3 is 15.7 Å². The third-order valence-corrected chi connectivity index (χ3v) is 3.77. The Labute approximate surface area is 110 Å². The molecule has 0 bridgehead atoms. The van der Waals surface area contributed by atoms with Crippen molar-refractivity contribution in [3.8, 4) is 0 Å². The van der Waals surface area contributed by atoms with Gasteiger partial charge >= 0.3 is 5.69 Å². The van der Waals surface area contributed by atoms with Gasteiger partial charge in [-0.2, -0.15) is 0 Å². The SMILES string of the molecule is CNc1ncnc(NC2CC(O)C2(C)C)c1[N+](=O)[O-]. The number of aliphatic hydroxyl groups excluding tert-OH is 1. The van der Waals surface area contributed by atoms with Crippen LogP contribution in [-0.2, 0) is 0 Å². The third-order valence-electron chi connectivity index (χ3n) is 3.77. The van der Waals surface area contributed by atoms with Crippen molar-refractivity contribution in [1.82, 2.24) is 9.97 Å². The van der Waals surface area contributed by atoms with E-state index in [1.165, 1.54) is 6.33 Å². The van der Waals surface area contributed by atoms with Gasteiger partial charge in [0.1, 0.15) is 6.33 Å². The third kappa shape index (κ3) is 2.19. The van der Waals surface area contributed by atoms with Gasteiger partial charge in [-0.3, -0.25) is 10.1 Å². The van der Waals surface area contributed by atoms with Crippen molar-refractivity contribution < 1.29 is 10.0 Å². The molecule has 1 aliphatic rings. The number of nitro groups is 1. The summed E-state index contributed by atoms with van der Waals surface area (Å²) in [5, 5.41) is 26.5. The van der Waals surface area contributed by atoms with E-state index in [-0.39, 0.29) is 28.8 Å². The van der Waals surface area contributed by atoms with Crippen LogP contribution in [0.25, 0.3) is 0 Å². The van der Waals surface area contributed by atoms with Crippen LogP contribution in [0.15, 0.2) is 6.33 Å². The Morgan fingerprint density at radius 2 is 2.11 bits per heavy atom. The van der Waals surface area contributed by atoms with Crippen molar-refractivity contribution in [2.75, 3.05) is 17.7 Å². The van der Waals surface area contributed by atoms with E-state index in [1.54, 1.807) is 7.05 Å². The molecular weight excluding hydrogens is 250 g/mol. The first-order valence-electron chi connectivity index (χ1n) is 5.99. The molecule has 2 rings (SSSR count). The van der Waals surface area contributed by atoms with Crippen LogP contribution >= 0.6 is 0 Å². The lowest BCUT2D eigenvalue weighted by atomic mass is 9.64. The average molecular weight is 267 g/mol. The lowest BCUT2D eigenvalue weighted by molar-refractivity contribution is -0.383. The molecule has 8 heteroatoms. The highest BCUT2D eigenvalue weighted by Crippen LogP contribution is 2.43. The first-order chi connectivity index (χ1) is 8.87. The maximum Gasteiger partial charge on any atom is 0.353 e. The van der Waals surface area contributed by atoms with Gasteiger partial charge in [0.15, 0.2) is 0 Å². The number of nitrogens with zero attached hydrogens (tertiary/aromatic N) is 3. The molecule has 2 atom stereocenters. The van der Waals surface area contributed by atoms with Gasteiger partial charge in [-0.15, -0.1) is 0 Å². The first kappa shape index (κ1) is 13.5. The molecule has 0 spiro atoms. The van der Waals surface area contributed by atoms with E-state index in [1.807, 2.05) is 13.8 Å². The van der Waals surface area contributed by atoms with Crippen molar-refractivity contribution in [3.05, 3.63) is 16.4 Å². The molecule has 0 amide bonds. The maximum atomic E-state index is 11.1. The summed E-state index contributed by atoms with van der Waals surface area (Å²) in [7, 11) is 1.57. The Hall–Kier alpha value is -1.96. The number of nitrogens with one attached hydrogen (secondary N) is 2. The zero-order chi connectivity index (χ0) is 14.2. The summed E-state index contributed by atoms with van der Waals surface area (Å²) in [5.74, 6) is 0.342. The number of hydrogen-bond acceptors (Lipinski definition) is 7. The second-order valence-corrected chi connectivity index (χ2v) is 5.20. The molecule has 1 fully saturated rings. The van der Waals surface area contributed by atoms with Crippen molar-refractivity contribution >= 4 is 17.3 Å². The number of aromatic nitrogens is 2. The van der Waals surface area contributed by atoms with Crippen LogP contribution in [0.4, 0.5) is 17.3 Å². The highest BCUT2D eigenvalue weighted by molar-refractivity contribution is 5.69. The molecule has 0 aromatic carbocycles. The predicted octanol–water partition coefficient (Wildman–Crippen LogP) is 0.998. The molecule has 0 radical (unpaired) electrons. The van der Waals surface area contributed by atoms with Crippen LogP contribution in [0.2, 0.25) is 0 Å². The molecule has 0 aliphatic heterocycles. The van der Waals surface area contributed by atoms with Gasteiger partial charge in [-0.1, -0.05) is 13.8 Å². The Morgan fingerprint density at radius 1 is 1.47 bits per heavy atom. The molecule has 1 aliphatic carbocycles. The minimum absolute atomic E-state index is 0.0548. The van der Waals surface area contributed by atoms with Crippen LogP contribution in [0.3, 0.4) is 0 Å². The molecule has 2 unspecified atom stereocenters. The van der Waals surface area contributed by atoms with E-state index in [0.29, 0.717) is 6.42 Å². The number of anilines is 2. The monoisotopic (exact) mass is 267 g/mol. The highest BCUT2D eigenvalue weighted by atomic mass is 16.6. The van der Waals surface area contributed by atoms with E-state index in [2.05, 4.69) is 20.6 Å². The van der Waals surface area contributed by atoms with Gasteiger partial charge in [0.2, 0.25) is 11.6 Å². The summed E-state index contributed by atoms with van der Waals surface area (Å²) in [4.78, 5) is 18.4. The molecule has 104 valence electrons. The van der Waals surface area contributed by atoms with E-state index in [0.717, 1.165) is 0 Å². The highest BCUT2D eigenvalue weighted by Gasteiger charge is 2.48. The van der Waals surface area contributed by atoms with E-state index in [4.69, 9.17) is 0 Å². The molecule has 8 nitrogen and oxygen atoms in total. The van der Waals surface area contributed by atoms with E-state index in [9.17, 15) is 15.2 Å². The molecule has 1 saturated carbocycles. The molecule has 3 N–H and O–H groups in total. The van der Waals surface area contributed by atoms with E-state index >= 15 is 0 Å². The summed E-state index contributed by atoms with van der Waals surface area (Å²) >= 11 is 0. The molecular formula is C11H17N5O3. The van der Waals surface area contributed by atoms with Gasteiger partial charge in [-0.05, 0) is 6.42 Å². The van der Waals surface area contributed by atoms with Gasteiger partial charge in [-0.25, -0.2) is 9.97 Å². The Morgan fingerprint density at radius 3 is 2.58 bits per heavy atom. The average Bonchev–Trinajstić information content (AvgIpc) is 2.37. The Kier molecular flexibility index (Phi) is 3.27. The molecule has 1 aromatic rings. The van der Waals surface area contributed by atoms with Crippen molar-refractivity contribution in [2.45, 2.75) is 32.4 Å². The minimum Gasteiger partial charge on any atom is -0.392 e. The molecule has 0 saturated heterocycles.